The summed E-state index contributed by atoms with van der Waals surface area (Å²) in [5.74, 6) is 0. The third kappa shape index (κ3) is 3.80. The summed E-state index contributed by atoms with van der Waals surface area (Å²) in [5.41, 5.74) is 8.90. The van der Waals surface area contributed by atoms with E-state index in [4.69, 9.17) is 22.4 Å². The van der Waals surface area contributed by atoms with E-state index in [2.05, 4.69) is 10.6 Å². The van der Waals surface area contributed by atoms with Crippen LogP contribution in [0.15, 0.2) is 42.5 Å². The van der Waals surface area contributed by atoms with E-state index >= 15 is 0 Å². The molecule has 0 aromatic heterocycles. The second kappa shape index (κ2) is 6.16. The Morgan fingerprint density at radius 3 is 2.55 bits per heavy atom. The molecule has 1 amide bonds. The van der Waals surface area contributed by atoms with Gasteiger partial charge in [-0.15, -0.1) is 0 Å². The van der Waals surface area contributed by atoms with Crippen molar-refractivity contribution in [1.29, 1.82) is 0 Å². The first kappa shape index (κ1) is 14.0. The number of hydrogen-bond acceptors (Lipinski definition) is 3. The van der Waals surface area contributed by atoms with E-state index in [0.717, 1.165) is 16.9 Å². The monoisotopic (exact) mass is 291 g/mol. The molecule has 0 aliphatic carbocycles. The Morgan fingerprint density at radius 1 is 1.20 bits per heavy atom. The van der Waals surface area contributed by atoms with E-state index < -0.39 is 6.09 Å². The van der Waals surface area contributed by atoms with Crippen molar-refractivity contribution in [3.05, 3.63) is 53.1 Å². The summed E-state index contributed by atoms with van der Waals surface area (Å²) in [5, 5.41) is 14.6. The first-order chi connectivity index (χ1) is 9.54. The summed E-state index contributed by atoms with van der Waals surface area (Å²) >= 11 is 5.92. The molecule has 0 fully saturated rings. The molecule has 2 aromatic rings. The maximum atomic E-state index is 10.4. The van der Waals surface area contributed by atoms with Crippen LogP contribution >= 0.6 is 11.6 Å². The second-order valence-electron chi connectivity index (χ2n) is 4.21. The van der Waals surface area contributed by atoms with E-state index in [0.29, 0.717) is 10.7 Å². The van der Waals surface area contributed by atoms with Crippen LogP contribution < -0.4 is 16.4 Å². The molecule has 5 nitrogen and oxygen atoms in total. The number of carbonyl (C=O) groups is 1. The molecule has 2 rings (SSSR count). The maximum Gasteiger partial charge on any atom is 0.404 e. The fourth-order valence-corrected chi connectivity index (χ4v) is 1.85. The summed E-state index contributed by atoms with van der Waals surface area (Å²) in [6.07, 6.45) is -1.04. The first-order valence-electron chi connectivity index (χ1n) is 5.92. The molecule has 0 saturated carbocycles. The molecule has 0 unspecified atom stereocenters. The highest BCUT2D eigenvalue weighted by atomic mass is 35.5. The molecule has 0 radical (unpaired) electrons. The normalized spacial score (nSPS) is 10.1. The summed E-state index contributed by atoms with van der Waals surface area (Å²) in [7, 11) is 0. The smallest absolute Gasteiger partial charge is 0.404 e. The lowest BCUT2D eigenvalue weighted by Crippen LogP contribution is -2.19. The molecule has 0 heterocycles. The minimum Gasteiger partial charge on any atom is -0.465 e. The predicted molar refractivity (Wildman–Crippen MR) is 80.5 cm³/mol. The number of amides is 1. The highest BCUT2D eigenvalue weighted by Crippen LogP contribution is 2.26. The molecule has 20 heavy (non-hydrogen) atoms. The number of anilines is 3. The lowest BCUT2D eigenvalue weighted by atomic mass is 10.2. The van der Waals surface area contributed by atoms with Crippen molar-refractivity contribution >= 4 is 34.8 Å². The van der Waals surface area contributed by atoms with Crippen LogP contribution in [0.25, 0.3) is 0 Å². The number of nitrogens with one attached hydrogen (secondary N) is 2. The predicted octanol–water partition coefficient (Wildman–Crippen LogP) is 3.43. The zero-order valence-electron chi connectivity index (χ0n) is 10.6. The van der Waals surface area contributed by atoms with Gasteiger partial charge in [0.15, 0.2) is 0 Å². The fourth-order valence-electron chi connectivity index (χ4n) is 1.68. The van der Waals surface area contributed by atoms with E-state index in [9.17, 15) is 4.79 Å². The van der Waals surface area contributed by atoms with Crippen LogP contribution in [0.4, 0.5) is 21.9 Å². The second-order valence-corrected chi connectivity index (χ2v) is 4.65. The van der Waals surface area contributed by atoms with Gasteiger partial charge in [0.2, 0.25) is 0 Å². The van der Waals surface area contributed by atoms with Gasteiger partial charge in [0.1, 0.15) is 0 Å². The zero-order chi connectivity index (χ0) is 14.5. The number of halogens is 1. The van der Waals surface area contributed by atoms with Gasteiger partial charge in [-0.2, -0.15) is 0 Å². The van der Waals surface area contributed by atoms with Crippen LogP contribution in [-0.2, 0) is 6.54 Å². The number of carboxylic acid groups (broad SMARTS) is 1. The average molecular weight is 292 g/mol. The molecule has 5 N–H and O–H groups in total. The molecule has 0 spiro atoms. The van der Waals surface area contributed by atoms with Crippen LogP contribution in [-0.4, -0.2) is 11.2 Å². The SMILES string of the molecule is Nc1ccc(Cl)cc1Nc1ccc(CNC(=O)O)cc1. The average Bonchev–Trinajstić information content (AvgIpc) is 2.42. The van der Waals surface area contributed by atoms with Crippen LogP contribution in [0.2, 0.25) is 5.02 Å². The summed E-state index contributed by atoms with van der Waals surface area (Å²) in [6, 6.07) is 12.6. The van der Waals surface area contributed by atoms with Crippen molar-refractivity contribution in [2.75, 3.05) is 11.1 Å². The highest BCUT2D eigenvalue weighted by molar-refractivity contribution is 6.31. The van der Waals surface area contributed by atoms with Gasteiger partial charge < -0.3 is 21.5 Å². The van der Waals surface area contributed by atoms with Crippen LogP contribution in [0.3, 0.4) is 0 Å². The van der Waals surface area contributed by atoms with Crippen molar-refractivity contribution in [2.24, 2.45) is 0 Å². The summed E-state index contributed by atoms with van der Waals surface area (Å²) in [6.45, 7) is 0.273. The minimum atomic E-state index is -1.04. The van der Waals surface area contributed by atoms with Crippen molar-refractivity contribution in [3.63, 3.8) is 0 Å². The largest absolute Gasteiger partial charge is 0.465 e. The van der Waals surface area contributed by atoms with E-state index in [1.807, 2.05) is 24.3 Å². The van der Waals surface area contributed by atoms with Crippen molar-refractivity contribution in [3.8, 4) is 0 Å². The number of nitrogens with two attached hydrogens (primary N) is 1. The van der Waals surface area contributed by atoms with Crippen molar-refractivity contribution in [1.82, 2.24) is 5.32 Å². The minimum absolute atomic E-state index is 0.273. The molecule has 0 aliphatic heterocycles. The standard InChI is InChI=1S/C14H14ClN3O2/c15-10-3-6-12(16)13(7-10)18-11-4-1-9(2-5-11)8-17-14(19)20/h1-7,17-18H,8,16H2,(H,19,20). The van der Waals surface area contributed by atoms with Gasteiger partial charge in [-0.1, -0.05) is 23.7 Å². The molecule has 6 heteroatoms. The third-order valence-corrected chi connectivity index (χ3v) is 2.93. The molecule has 104 valence electrons. The Labute approximate surface area is 121 Å². The topological polar surface area (TPSA) is 87.4 Å². The Kier molecular flexibility index (Phi) is 4.32. The molecule has 2 aromatic carbocycles. The van der Waals surface area contributed by atoms with E-state index in [-0.39, 0.29) is 6.54 Å². The number of hydrogen-bond donors (Lipinski definition) is 4. The van der Waals surface area contributed by atoms with Gasteiger partial charge in [0.05, 0.1) is 11.4 Å². The van der Waals surface area contributed by atoms with Gasteiger partial charge in [0, 0.05) is 17.3 Å². The maximum absolute atomic E-state index is 10.4. The molecule has 0 aliphatic rings. The van der Waals surface area contributed by atoms with E-state index in [1.165, 1.54) is 0 Å². The molecule has 0 saturated heterocycles. The van der Waals surface area contributed by atoms with E-state index in [1.54, 1.807) is 18.2 Å². The Bertz CT molecular complexity index is 614. The highest BCUT2D eigenvalue weighted by Gasteiger charge is 2.02. The van der Waals surface area contributed by atoms with Gasteiger partial charge in [0.25, 0.3) is 0 Å². The van der Waals surface area contributed by atoms with Crippen molar-refractivity contribution in [2.45, 2.75) is 6.54 Å². The fraction of sp³-hybridized carbons (Fsp3) is 0.0714. The summed E-state index contributed by atoms with van der Waals surface area (Å²) in [4.78, 5) is 10.4. The number of nitrogen functional groups attached to an aromatic ring is 1. The Morgan fingerprint density at radius 2 is 1.90 bits per heavy atom. The lowest BCUT2D eigenvalue weighted by molar-refractivity contribution is 0.194. The zero-order valence-corrected chi connectivity index (χ0v) is 11.3. The molecule has 0 atom stereocenters. The Balaban J connectivity index is 2.06. The molecular weight excluding hydrogens is 278 g/mol. The summed E-state index contributed by atoms with van der Waals surface area (Å²) < 4.78 is 0. The molecular formula is C14H14ClN3O2. The number of benzene rings is 2. The lowest BCUT2D eigenvalue weighted by Gasteiger charge is -2.10. The first-order valence-corrected chi connectivity index (χ1v) is 6.30. The third-order valence-electron chi connectivity index (χ3n) is 2.69. The van der Waals surface area contributed by atoms with Crippen LogP contribution in [0, 0.1) is 0 Å². The van der Waals surface area contributed by atoms with Gasteiger partial charge in [-0.25, -0.2) is 4.79 Å². The van der Waals surface area contributed by atoms with Gasteiger partial charge in [-0.05, 0) is 35.9 Å². The Hall–Kier alpha value is -2.40. The number of rotatable bonds is 4. The molecule has 0 bridgehead atoms. The quantitative estimate of drug-likeness (QED) is 0.650. The van der Waals surface area contributed by atoms with Gasteiger partial charge >= 0.3 is 6.09 Å². The van der Waals surface area contributed by atoms with Crippen molar-refractivity contribution < 1.29 is 9.90 Å². The van der Waals surface area contributed by atoms with Crippen LogP contribution in [0.5, 0.6) is 0 Å². The van der Waals surface area contributed by atoms with Gasteiger partial charge in [-0.3, -0.25) is 0 Å². The van der Waals surface area contributed by atoms with Crippen LogP contribution in [0.1, 0.15) is 5.56 Å².